The molecule has 1 fully saturated rings. The molecule has 1 heterocycles. The number of hydrogen-bond donors (Lipinski definition) is 0. The molecule has 1 aliphatic heterocycles. The van der Waals surface area contributed by atoms with Crippen LogP contribution in [0, 0.1) is 0 Å². The molecular weight excluding hydrogens is 234 g/mol. The van der Waals surface area contributed by atoms with Gasteiger partial charge in [-0.05, 0) is 48.5 Å². The Morgan fingerprint density at radius 1 is 1.22 bits per heavy atom. The molecule has 1 atom stereocenters. The van der Waals surface area contributed by atoms with Crippen LogP contribution in [0.4, 0.5) is 4.79 Å². The average molecular weight is 257 g/mol. The van der Waals surface area contributed by atoms with E-state index in [0.29, 0.717) is 0 Å². The summed E-state index contributed by atoms with van der Waals surface area (Å²) < 4.78 is 10.9. The van der Waals surface area contributed by atoms with Crippen molar-refractivity contribution in [3.8, 4) is 0 Å². The van der Waals surface area contributed by atoms with Crippen LogP contribution in [-0.4, -0.2) is 40.2 Å². The Morgan fingerprint density at radius 3 is 2.11 bits per heavy atom. The fraction of sp³-hybridized carbons (Fsp3) is 0.846. The van der Waals surface area contributed by atoms with Crippen LogP contribution in [0.25, 0.3) is 0 Å². The fourth-order valence-corrected chi connectivity index (χ4v) is 2.03. The summed E-state index contributed by atoms with van der Waals surface area (Å²) in [5.41, 5.74) is -2.41. The lowest BCUT2D eigenvalue weighted by molar-refractivity contribution is -0.128. The normalized spacial score (nSPS) is 27.2. The second-order valence-corrected chi connectivity index (χ2v) is 6.38. The van der Waals surface area contributed by atoms with Crippen molar-refractivity contribution in [1.29, 1.82) is 0 Å². The summed E-state index contributed by atoms with van der Waals surface area (Å²) in [6.07, 6.45) is -0.525. The molecular formula is C13H23NO4. The van der Waals surface area contributed by atoms with Crippen molar-refractivity contribution in [2.45, 2.75) is 65.3 Å². The van der Waals surface area contributed by atoms with Gasteiger partial charge < -0.3 is 9.47 Å². The Balaban J connectivity index is 3.07. The predicted octanol–water partition coefficient (Wildman–Crippen LogP) is 2.34. The van der Waals surface area contributed by atoms with Crippen molar-refractivity contribution < 1.29 is 19.1 Å². The molecule has 1 rings (SSSR count). The lowest BCUT2D eigenvalue weighted by atomic mass is 9.96. The molecule has 0 aromatic heterocycles. The van der Waals surface area contributed by atoms with E-state index < -0.39 is 23.0 Å². The number of carbonyl (C=O) groups is 2. The maximum Gasteiger partial charge on any atom is 0.413 e. The molecule has 0 aromatic rings. The number of rotatable bonds is 1. The molecule has 1 unspecified atom stereocenters. The summed E-state index contributed by atoms with van der Waals surface area (Å²) in [6.45, 7) is 12.2. The van der Waals surface area contributed by atoms with Crippen LogP contribution < -0.4 is 0 Å². The summed E-state index contributed by atoms with van der Waals surface area (Å²) in [4.78, 5) is 25.5. The van der Waals surface area contributed by atoms with Gasteiger partial charge in [-0.3, -0.25) is 9.69 Å². The second-order valence-electron chi connectivity index (χ2n) is 6.38. The van der Waals surface area contributed by atoms with Crippen molar-refractivity contribution in [2.24, 2.45) is 0 Å². The lowest BCUT2D eigenvalue weighted by Gasteiger charge is -2.38. The molecule has 1 saturated heterocycles. The molecule has 104 valence electrons. The molecule has 5 nitrogen and oxygen atoms in total. The van der Waals surface area contributed by atoms with Crippen molar-refractivity contribution in [3.05, 3.63) is 0 Å². The minimum atomic E-state index is -0.966. The van der Waals surface area contributed by atoms with Crippen LogP contribution in [0.5, 0.6) is 0 Å². The molecule has 0 radical (unpaired) electrons. The van der Waals surface area contributed by atoms with E-state index in [1.165, 1.54) is 11.8 Å². The highest BCUT2D eigenvalue weighted by atomic mass is 16.6. The first-order valence-electron chi connectivity index (χ1n) is 6.08. The largest absolute Gasteiger partial charge is 0.444 e. The van der Waals surface area contributed by atoms with E-state index in [9.17, 15) is 9.59 Å². The summed E-state index contributed by atoms with van der Waals surface area (Å²) >= 11 is 0. The Bertz CT molecular complexity index is 370. The number of Topliss-reactive ketones (excluding diaryl/α,β-unsaturated/α-hetero) is 1. The van der Waals surface area contributed by atoms with E-state index in [2.05, 4.69) is 0 Å². The van der Waals surface area contributed by atoms with Crippen molar-refractivity contribution >= 4 is 11.9 Å². The molecule has 18 heavy (non-hydrogen) atoms. The van der Waals surface area contributed by atoms with Crippen molar-refractivity contribution in [1.82, 2.24) is 4.90 Å². The number of hydrogen-bond acceptors (Lipinski definition) is 4. The van der Waals surface area contributed by atoms with Crippen LogP contribution in [-0.2, 0) is 14.3 Å². The number of amides is 1. The van der Waals surface area contributed by atoms with Crippen LogP contribution in [0.3, 0.4) is 0 Å². The van der Waals surface area contributed by atoms with Crippen LogP contribution in [0.1, 0.15) is 48.5 Å². The summed E-state index contributed by atoms with van der Waals surface area (Å²) in [6, 6.07) is 0. The van der Waals surface area contributed by atoms with Crippen molar-refractivity contribution in [2.75, 3.05) is 6.61 Å². The second kappa shape index (κ2) is 4.23. The van der Waals surface area contributed by atoms with E-state index in [4.69, 9.17) is 9.47 Å². The number of nitrogens with zero attached hydrogens (tertiary/aromatic N) is 1. The average Bonchev–Trinajstić information content (AvgIpc) is 2.35. The van der Waals surface area contributed by atoms with E-state index in [0.717, 1.165) is 0 Å². The zero-order chi connectivity index (χ0) is 14.4. The Morgan fingerprint density at radius 2 is 1.72 bits per heavy atom. The van der Waals surface area contributed by atoms with Gasteiger partial charge in [0, 0.05) is 0 Å². The number of carbonyl (C=O) groups excluding carboxylic acids is 2. The quantitative estimate of drug-likeness (QED) is 0.723. The molecule has 0 aliphatic carbocycles. The van der Waals surface area contributed by atoms with Crippen LogP contribution in [0.2, 0.25) is 0 Å². The Kier molecular flexibility index (Phi) is 3.51. The Labute approximate surface area is 108 Å². The number of ketones is 1. The smallest absolute Gasteiger partial charge is 0.413 e. The van der Waals surface area contributed by atoms with Crippen LogP contribution in [0.15, 0.2) is 0 Å². The third-order valence-electron chi connectivity index (χ3n) is 3.07. The molecule has 1 amide bonds. The van der Waals surface area contributed by atoms with Gasteiger partial charge >= 0.3 is 6.09 Å². The van der Waals surface area contributed by atoms with Gasteiger partial charge in [0.15, 0.2) is 5.78 Å². The van der Waals surface area contributed by atoms with Gasteiger partial charge in [-0.2, -0.15) is 0 Å². The monoisotopic (exact) mass is 257 g/mol. The fourth-order valence-electron chi connectivity index (χ4n) is 2.03. The first-order valence-corrected chi connectivity index (χ1v) is 6.08. The van der Waals surface area contributed by atoms with Gasteiger partial charge in [0.25, 0.3) is 0 Å². The van der Waals surface area contributed by atoms with E-state index >= 15 is 0 Å². The van der Waals surface area contributed by atoms with Gasteiger partial charge in [-0.1, -0.05) is 0 Å². The minimum absolute atomic E-state index is 0.112. The minimum Gasteiger partial charge on any atom is -0.444 e. The van der Waals surface area contributed by atoms with E-state index in [1.54, 1.807) is 41.5 Å². The standard InChI is InChI=1S/C13H23NO4/c1-9(15)13(7)8-17-12(5,6)14(13)10(16)18-11(2,3)4/h8H2,1-7H3. The first-order chi connectivity index (χ1) is 7.90. The summed E-state index contributed by atoms with van der Waals surface area (Å²) in [7, 11) is 0. The lowest BCUT2D eigenvalue weighted by Crippen LogP contribution is -2.58. The zero-order valence-corrected chi connectivity index (χ0v) is 12.3. The van der Waals surface area contributed by atoms with Gasteiger partial charge in [0.1, 0.15) is 16.9 Å². The predicted molar refractivity (Wildman–Crippen MR) is 67.2 cm³/mol. The molecule has 0 bridgehead atoms. The molecule has 0 N–H and O–H groups in total. The highest BCUT2D eigenvalue weighted by Crippen LogP contribution is 2.36. The van der Waals surface area contributed by atoms with Gasteiger partial charge in [-0.25, -0.2) is 4.79 Å². The first kappa shape index (κ1) is 15.0. The van der Waals surface area contributed by atoms with Crippen LogP contribution >= 0.6 is 0 Å². The van der Waals surface area contributed by atoms with E-state index in [-0.39, 0.29) is 12.4 Å². The highest BCUT2D eigenvalue weighted by molar-refractivity contribution is 5.90. The topological polar surface area (TPSA) is 55.8 Å². The molecule has 0 aromatic carbocycles. The highest BCUT2D eigenvalue weighted by Gasteiger charge is 2.55. The maximum absolute atomic E-state index is 12.3. The van der Waals surface area contributed by atoms with E-state index in [1.807, 2.05) is 0 Å². The van der Waals surface area contributed by atoms with Gasteiger partial charge in [0.2, 0.25) is 0 Å². The molecule has 1 aliphatic rings. The number of ether oxygens (including phenoxy) is 2. The molecule has 5 heteroatoms. The van der Waals surface area contributed by atoms with Gasteiger partial charge in [0.05, 0.1) is 6.61 Å². The SMILES string of the molecule is CC(=O)C1(C)COC(C)(C)N1C(=O)OC(C)(C)C. The zero-order valence-electron chi connectivity index (χ0n) is 12.3. The Hall–Kier alpha value is -1.10. The summed E-state index contributed by atoms with van der Waals surface area (Å²) in [5, 5.41) is 0. The summed E-state index contributed by atoms with van der Waals surface area (Å²) in [5.74, 6) is -0.112. The van der Waals surface area contributed by atoms with Crippen molar-refractivity contribution in [3.63, 3.8) is 0 Å². The molecule has 0 saturated carbocycles. The maximum atomic E-state index is 12.3. The van der Waals surface area contributed by atoms with Gasteiger partial charge in [-0.15, -0.1) is 0 Å². The third kappa shape index (κ3) is 2.66. The molecule has 0 spiro atoms. The third-order valence-corrected chi connectivity index (χ3v) is 3.07.